The van der Waals surface area contributed by atoms with Gasteiger partial charge in [0.25, 0.3) is 11.8 Å². The number of hydrogen-bond acceptors (Lipinski definition) is 4. The van der Waals surface area contributed by atoms with E-state index < -0.39 is 5.97 Å². The molecule has 0 aromatic heterocycles. The molecule has 0 saturated carbocycles. The summed E-state index contributed by atoms with van der Waals surface area (Å²) in [5.74, 6) is -0.909. The lowest BCUT2D eigenvalue weighted by molar-refractivity contribution is -0.137. The van der Waals surface area contributed by atoms with Crippen LogP contribution in [0, 0.1) is 0 Å². The van der Waals surface area contributed by atoms with E-state index in [2.05, 4.69) is 0 Å². The summed E-state index contributed by atoms with van der Waals surface area (Å²) in [6.07, 6.45) is 0. The number of carboxylic acids is 1. The molecule has 1 N–H and O–H groups in total. The molecule has 0 bridgehead atoms. The highest BCUT2D eigenvalue weighted by Crippen LogP contribution is 2.32. The Morgan fingerprint density at radius 2 is 1.85 bits per heavy atom. The maximum absolute atomic E-state index is 12.2. The van der Waals surface area contributed by atoms with Crippen molar-refractivity contribution in [3.05, 3.63) is 59.7 Å². The number of amides is 2. The van der Waals surface area contributed by atoms with Crippen LogP contribution in [-0.2, 0) is 16.1 Å². The molecule has 26 heavy (non-hydrogen) atoms. The van der Waals surface area contributed by atoms with E-state index in [0.29, 0.717) is 23.5 Å². The van der Waals surface area contributed by atoms with Gasteiger partial charge < -0.3 is 19.6 Å². The number of carbonyl (C=O) groups is 3. The van der Waals surface area contributed by atoms with Crippen LogP contribution in [0.25, 0.3) is 0 Å². The fourth-order valence-electron chi connectivity index (χ4n) is 2.76. The predicted molar refractivity (Wildman–Crippen MR) is 94.2 cm³/mol. The maximum atomic E-state index is 12.2. The second kappa shape index (κ2) is 7.26. The molecule has 0 fully saturated rings. The monoisotopic (exact) mass is 354 g/mol. The van der Waals surface area contributed by atoms with Gasteiger partial charge in [0.15, 0.2) is 6.61 Å². The number of carbonyl (C=O) groups excluding carboxylic acids is 2. The van der Waals surface area contributed by atoms with E-state index in [1.165, 1.54) is 7.05 Å². The van der Waals surface area contributed by atoms with E-state index in [9.17, 15) is 14.4 Å². The number of hydrogen-bond donors (Lipinski definition) is 1. The normalized spacial score (nSPS) is 13.0. The summed E-state index contributed by atoms with van der Waals surface area (Å²) < 4.78 is 5.42. The van der Waals surface area contributed by atoms with Gasteiger partial charge in [0.05, 0.1) is 12.2 Å². The van der Waals surface area contributed by atoms with Crippen molar-refractivity contribution in [2.45, 2.75) is 6.54 Å². The van der Waals surface area contributed by atoms with E-state index in [0.717, 1.165) is 10.5 Å². The number of fused-ring (bicyclic) bond motifs is 1. The molecule has 0 unspecified atom stereocenters. The molecule has 0 saturated heterocycles. The number of likely N-dealkylation sites (N-methyl/N-ethyl adjacent to an activating group) is 1. The third-order valence-electron chi connectivity index (χ3n) is 4.07. The Morgan fingerprint density at radius 3 is 2.54 bits per heavy atom. The average molecular weight is 354 g/mol. The Morgan fingerprint density at radius 1 is 1.15 bits per heavy atom. The van der Waals surface area contributed by atoms with Crippen LogP contribution in [-0.4, -0.2) is 48.0 Å². The number of ether oxygens (including phenoxy) is 1. The van der Waals surface area contributed by atoms with Gasteiger partial charge in [-0.05, 0) is 29.8 Å². The fourth-order valence-corrected chi connectivity index (χ4v) is 2.76. The standard InChI is InChI=1S/C19H18N2O5/c1-20(11-18(23)24)19(25)14-8-6-13(7-9-14)10-21-15-4-2-3-5-16(15)26-12-17(21)22/h2-9H,10-12H2,1H3,(H,23,24). The molecule has 0 aliphatic carbocycles. The highest BCUT2D eigenvalue weighted by Gasteiger charge is 2.25. The van der Waals surface area contributed by atoms with Crippen LogP contribution in [0.15, 0.2) is 48.5 Å². The van der Waals surface area contributed by atoms with Crippen molar-refractivity contribution in [1.29, 1.82) is 0 Å². The lowest BCUT2D eigenvalue weighted by Gasteiger charge is -2.29. The lowest BCUT2D eigenvalue weighted by atomic mass is 10.1. The molecule has 2 aromatic carbocycles. The summed E-state index contributed by atoms with van der Waals surface area (Å²) in [5, 5.41) is 8.77. The smallest absolute Gasteiger partial charge is 0.323 e. The number of rotatable bonds is 5. The van der Waals surface area contributed by atoms with E-state index in [1.54, 1.807) is 29.2 Å². The minimum atomic E-state index is -1.07. The molecule has 1 aliphatic rings. The number of para-hydroxylation sites is 2. The highest BCUT2D eigenvalue weighted by atomic mass is 16.5. The number of benzene rings is 2. The molecule has 0 spiro atoms. The van der Waals surface area contributed by atoms with Gasteiger partial charge in [0, 0.05) is 12.6 Å². The number of anilines is 1. The minimum Gasteiger partial charge on any atom is -0.482 e. The summed E-state index contributed by atoms with van der Waals surface area (Å²) in [5.41, 5.74) is 1.96. The first-order chi connectivity index (χ1) is 12.5. The number of nitrogens with zero attached hydrogens (tertiary/aromatic N) is 2. The molecule has 2 aromatic rings. The minimum absolute atomic E-state index is 0.00638. The maximum Gasteiger partial charge on any atom is 0.323 e. The van der Waals surface area contributed by atoms with Crippen LogP contribution in [0.3, 0.4) is 0 Å². The van der Waals surface area contributed by atoms with Gasteiger partial charge in [0.2, 0.25) is 0 Å². The Bertz CT molecular complexity index is 847. The molecule has 0 atom stereocenters. The SMILES string of the molecule is CN(CC(=O)O)C(=O)c1ccc(CN2C(=O)COc3ccccc32)cc1. The summed E-state index contributed by atoms with van der Waals surface area (Å²) >= 11 is 0. The lowest BCUT2D eigenvalue weighted by Crippen LogP contribution is -2.38. The summed E-state index contributed by atoms with van der Waals surface area (Å²) in [6, 6.07) is 14.1. The van der Waals surface area contributed by atoms with Gasteiger partial charge in [-0.1, -0.05) is 24.3 Å². The zero-order chi connectivity index (χ0) is 18.7. The first-order valence-corrected chi connectivity index (χ1v) is 8.04. The van der Waals surface area contributed by atoms with E-state index in [4.69, 9.17) is 9.84 Å². The van der Waals surface area contributed by atoms with Crippen molar-refractivity contribution in [3.8, 4) is 5.75 Å². The van der Waals surface area contributed by atoms with E-state index in [1.807, 2.05) is 24.3 Å². The molecule has 7 nitrogen and oxygen atoms in total. The topological polar surface area (TPSA) is 87.2 Å². The number of aliphatic carboxylic acids is 1. The summed E-state index contributed by atoms with van der Waals surface area (Å²) in [6.45, 7) is -0.00808. The summed E-state index contributed by atoms with van der Waals surface area (Å²) in [4.78, 5) is 37.9. The van der Waals surface area contributed by atoms with Crippen molar-refractivity contribution in [2.24, 2.45) is 0 Å². The first-order valence-electron chi connectivity index (χ1n) is 8.04. The van der Waals surface area contributed by atoms with Crippen LogP contribution >= 0.6 is 0 Å². The van der Waals surface area contributed by atoms with Crippen LogP contribution < -0.4 is 9.64 Å². The molecular weight excluding hydrogens is 336 g/mol. The fraction of sp³-hybridized carbons (Fsp3) is 0.211. The molecule has 7 heteroatoms. The largest absolute Gasteiger partial charge is 0.482 e. The van der Waals surface area contributed by atoms with Gasteiger partial charge >= 0.3 is 5.97 Å². The molecule has 3 rings (SSSR count). The second-order valence-corrected chi connectivity index (χ2v) is 5.99. The molecule has 134 valence electrons. The number of carboxylic acid groups (broad SMARTS) is 1. The third-order valence-corrected chi connectivity index (χ3v) is 4.07. The molecule has 2 amide bonds. The van der Waals surface area contributed by atoms with Crippen molar-refractivity contribution in [1.82, 2.24) is 4.90 Å². The first kappa shape index (κ1) is 17.5. The average Bonchev–Trinajstić information content (AvgIpc) is 2.63. The van der Waals surface area contributed by atoms with E-state index >= 15 is 0 Å². The predicted octanol–water partition coefficient (Wildman–Crippen LogP) is 1.77. The molecule has 0 radical (unpaired) electrons. The Kier molecular flexibility index (Phi) is 4.88. The van der Waals surface area contributed by atoms with Gasteiger partial charge in [-0.25, -0.2) is 0 Å². The van der Waals surface area contributed by atoms with Crippen LogP contribution in [0.2, 0.25) is 0 Å². The van der Waals surface area contributed by atoms with Crippen LogP contribution in [0.1, 0.15) is 15.9 Å². The molecule has 1 aliphatic heterocycles. The zero-order valence-electron chi connectivity index (χ0n) is 14.2. The van der Waals surface area contributed by atoms with Crippen LogP contribution in [0.4, 0.5) is 5.69 Å². The second-order valence-electron chi connectivity index (χ2n) is 5.99. The zero-order valence-corrected chi connectivity index (χ0v) is 14.2. The van der Waals surface area contributed by atoms with Gasteiger partial charge in [0.1, 0.15) is 12.3 Å². The third kappa shape index (κ3) is 3.66. The van der Waals surface area contributed by atoms with E-state index in [-0.39, 0.29) is 25.0 Å². The highest BCUT2D eigenvalue weighted by molar-refractivity contribution is 5.98. The quantitative estimate of drug-likeness (QED) is 0.884. The van der Waals surface area contributed by atoms with Gasteiger partial charge in [-0.3, -0.25) is 14.4 Å². The Labute approximate surface area is 150 Å². The molecule has 1 heterocycles. The molecular formula is C19H18N2O5. The van der Waals surface area contributed by atoms with Gasteiger partial charge in [-0.15, -0.1) is 0 Å². The van der Waals surface area contributed by atoms with Crippen LogP contribution in [0.5, 0.6) is 5.75 Å². The Balaban J connectivity index is 1.75. The van der Waals surface area contributed by atoms with Crippen molar-refractivity contribution < 1.29 is 24.2 Å². The Hall–Kier alpha value is -3.35. The van der Waals surface area contributed by atoms with Crippen molar-refractivity contribution >= 4 is 23.5 Å². The van der Waals surface area contributed by atoms with Crippen molar-refractivity contribution in [2.75, 3.05) is 25.1 Å². The summed E-state index contributed by atoms with van der Waals surface area (Å²) in [7, 11) is 1.44. The van der Waals surface area contributed by atoms with Gasteiger partial charge in [-0.2, -0.15) is 0 Å². The van der Waals surface area contributed by atoms with Crippen molar-refractivity contribution in [3.63, 3.8) is 0 Å².